The number of carboxylic acids is 1. The summed E-state index contributed by atoms with van der Waals surface area (Å²) in [5.74, 6) is -1.58. The van der Waals surface area contributed by atoms with E-state index < -0.39 is 11.9 Å². The highest BCUT2D eigenvalue weighted by atomic mass is 127. The molecule has 0 saturated carbocycles. The first-order chi connectivity index (χ1) is 15.3. The van der Waals surface area contributed by atoms with Crippen LogP contribution in [0.4, 0.5) is 0 Å². The number of carbonyl (C=O) groups is 1. The topological polar surface area (TPSA) is 55.1 Å². The fourth-order valence-corrected chi connectivity index (χ4v) is 4.41. The highest BCUT2D eigenvalue weighted by Crippen LogP contribution is 2.31. The predicted octanol–water partition coefficient (Wildman–Crippen LogP) is 7.17. The van der Waals surface area contributed by atoms with Crippen molar-refractivity contribution in [2.45, 2.75) is 19.3 Å². The molecule has 0 amide bonds. The number of carboxylic acid groups (broad SMARTS) is 1. The molecule has 1 atom stereocenters. The Labute approximate surface area is 209 Å². The number of aryl methyl sites for hydroxylation is 1. The summed E-state index contributed by atoms with van der Waals surface area (Å²) >= 11 is 14.6. The van der Waals surface area contributed by atoms with Crippen LogP contribution < -0.4 is 0 Å². The van der Waals surface area contributed by atoms with E-state index in [1.165, 1.54) is 0 Å². The molecule has 0 spiro atoms. The summed E-state index contributed by atoms with van der Waals surface area (Å²) in [6.07, 6.45) is 0.266. The molecule has 162 valence electrons. The number of hydrogen-bond acceptors (Lipinski definition) is 2. The molecule has 7 heteroatoms. The molecule has 0 aliphatic rings. The lowest BCUT2D eigenvalue weighted by Gasteiger charge is -2.12. The standard InChI is InChI=1S/C25H19Cl2IN2O2/c1-15-5-7-16(8-6-15)24-13-19(29-30(24)20-9-10-22(26)23(27)14-20)12-21(25(31)32)17-3-2-4-18(28)11-17/h2-11,13-14,21H,12H2,1H3,(H,31,32). The predicted molar refractivity (Wildman–Crippen MR) is 137 cm³/mol. The molecule has 1 N–H and O–H groups in total. The highest BCUT2D eigenvalue weighted by Gasteiger charge is 2.23. The van der Waals surface area contributed by atoms with Crippen LogP contribution in [0, 0.1) is 10.5 Å². The smallest absolute Gasteiger partial charge is 0.311 e. The van der Waals surface area contributed by atoms with E-state index in [4.69, 9.17) is 28.3 Å². The van der Waals surface area contributed by atoms with Crippen molar-refractivity contribution in [1.29, 1.82) is 0 Å². The summed E-state index contributed by atoms with van der Waals surface area (Å²) in [6.45, 7) is 2.03. The number of aliphatic carboxylic acids is 1. The molecular weight excluding hydrogens is 558 g/mol. The van der Waals surface area contributed by atoms with Crippen molar-refractivity contribution >= 4 is 51.8 Å². The molecule has 0 fully saturated rings. The van der Waals surface area contributed by atoms with E-state index in [-0.39, 0.29) is 6.42 Å². The van der Waals surface area contributed by atoms with Crippen LogP contribution in [-0.2, 0) is 11.2 Å². The molecule has 1 heterocycles. The maximum atomic E-state index is 12.1. The van der Waals surface area contributed by atoms with Crippen LogP contribution in [0.2, 0.25) is 10.0 Å². The molecule has 0 aliphatic heterocycles. The summed E-state index contributed by atoms with van der Waals surface area (Å²) in [4.78, 5) is 12.1. The molecule has 1 unspecified atom stereocenters. The lowest BCUT2D eigenvalue weighted by molar-refractivity contribution is -0.138. The van der Waals surface area contributed by atoms with Gasteiger partial charge in [0.05, 0.1) is 33.0 Å². The van der Waals surface area contributed by atoms with Gasteiger partial charge in [-0.25, -0.2) is 4.68 Å². The van der Waals surface area contributed by atoms with Crippen LogP contribution in [0.5, 0.6) is 0 Å². The first-order valence-corrected chi connectivity index (χ1v) is 11.7. The van der Waals surface area contributed by atoms with Crippen molar-refractivity contribution in [2.75, 3.05) is 0 Å². The normalized spacial score (nSPS) is 12.0. The molecule has 4 nitrogen and oxygen atoms in total. The van der Waals surface area contributed by atoms with Gasteiger partial charge in [0.2, 0.25) is 0 Å². The third kappa shape index (κ3) is 5.00. The van der Waals surface area contributed by atoms with Gasteiger partial charge in [0.25, 0.3) is 0 Å². The van der Waals surface area contributed by atoms with E-state index in [1.807, 2.05) is 67.6 Å². The van der Waals surface area contributed by atoms with Crippen molar-refractivity contribution in [3.8, 4) is 16.9 Å². The van der Waals surface area contributed by atoms with Gasteiger partial charge in [0, 0.05) is 15.6 Å². The van der Waals surface area contributed by atoms with Gasteiger partial charge in [0.1, 0.15) is 0 Å². The van der Waals surface area contributed by atoms with E-state index in [1.54, 1.807) is 16.8 Å². The molecule has 0 bridgehead atoms. The fourth-order valence-electron chi connectivity index (χ4n) is 3.55. The maximum absolute atomic E-state index is 12.1. The SMILES string of the molecule is Cc1ccc(-c2cc(CC(C(=O)O)c3cccc(I)c3)nn2-c2ccc(Cl)c(Cl)c2)cc1. The van der Waals surface area contributed by atoms with Crippen molar-refractivity contribution in [2.24, 2.45) is 0 Å². The van der Waals surface area contributed by atoms with Crippen molar-refractivity contribution in [3.63, 3.8) is 0 Å². The second-order valence-corrected chi connectivity index (χ2v) is 9.61. The number of halogens is 3. The number of benzene rings is 3. The van der Waals surface area contributed by atoms with Gasteiger partial charge >= 0.3 is 5.97 Å². The zero-order valence-electron chi connectivity index (χ0n) is 17.1. The summed E-state index contributed by atoms with van der Waals surface area (Å²) in [5.41, 5.74) is 5.16. The van der Waals surface area contributed by atoms with Gasteiger partial charge in [-0.3, -0.25) is 4.79 Å². The van der Waals surface area contributed by atoms with Crippen LogP contribution in [0.1, 0.15) is 22.7 Å². The van der Waals surface area contributed by atoms with E-state index in [0.29, 0.717) is 15.7 Å². The molecule has 4 rings (SSSR count). The Kier molecular flexibility index (Phi) is 6.88. The average Bonchev–Trinajstić information content (AvgIpc) is 3.18. The molecule has 3 aromatic carbocycles. The van der Waals surface area contributed by atoms with Crippen LogP contribution in [0.15, 0.2) is 72.8 Å². The van der Waals surface area contributed by atoms with Gasteiger partial charge < -0.3 is 5.11 Å². The Hall–Kier alpha value is -2.35. The van der Waals surface area contributed by atoms with Crippen molar-refractivity contribution in [1.82, 2.24) is 9.78 Å². The Morgan fingerprint density at radius 1 is 1.03 bits per heavy atom. The van der Waals surface area contributed by atoms with E-state index in [2.05, 4.69) is 22.6 Å². The Balaban J connectivity index is 1.80. The monoisotopic (exact) mass is 576 g/mol. The van der Waals surface area contributed by atoms with Crippen LogP contribution in [0.3, 0.4) is 0 Å². The molecular formula is C25H19Cl2IN2O2. The summed E-state index contributed by atoms with van der Waals surface area (Å²) in [7, 11) is 0. The number of hydrogen-bond donors (Lipinski definition) is 1. The summed E-state index contributed by atoms with van der Waals surface area (Å²) in [6, 6.07) is 23.0. The van der Waals surface area contributed by atoms with Crippen molar-refractivity contribution < 1.29 is 9.90 Å². The first kappa shape index (κ1) is 22.8. The Bertz CT molecular complexity index is 1290. The maximum Gasteiger partial charge on any atom is 0.311 e. The van der Waals surface area contributed by atoms with E-state index >= 15 is 0 Å². The Morgan fingerprint density at radius 2 is 1.78 bits per heavy atom. The molecule has 1 aromatic heterocycles. The van der Waals surface area contributed by atoms with Crippen molar-refractivity contribution in [3.05, 3.63) is 103 Å². The van der Waals surface area contributed by atoms with Crippen LogP contribution >= 0.6 is 45.8 Å². The van der Waals surface area contributed by atoms with Gasteiger partial charge in [-0.1, -0.05) is 65.2 Å². The highest BCUT2D eigenvalue weighted by molar-refractivity contribution is 14.1. The summed E-state index contributed by atoms with van der Waals surface area (Å²) in [5, 5.41) is 15.6. The number of nitrogens with zero attached hydrogens (tertiary/aromatic N) is 2. The van der Waals surface area contributed by atoms with Gasteiger partial charge in [0.15, 0.2) is 0 Å². The lowest BCUT2D eigenvalue weighted by Crippen LogP contribution is -2.15. The van der Waals surface area contributed by atoms with Gasteiger partial charge in [-0.2, -0.15) is 5.10 Å². The van der Waals surface area contributed by atoms with Crippen LogP contribution in [0.25, 0.3) is 16.9 Å². The third-order valence-corrected chi connectivity index (χ3v) is 6.63. The fraction of sp³-hybridized carbons (Fsp3) is 0.120. The summed E-state index contributed by atoms with van der Waals surface area (Å²) < 4.78 is 2.78. The quantitative estimate of drug-likeness (QED) is 0.248. The first-order valence-electron chi connectivity index (χ1n) is 9.91. The van der Waals surface area contributed by atoms with Crippen LogP contribution in [-0.4, -0.2) is 20.9 Å². The minimum absolute atomic E-state index is 0.266. The molecule has 4 aromatic rings. The number of rotatable bonds is 6. The molecule has 0 radical (unpaired) electrons. The van der Waals surface area contributed by atoms with Gasteiger partial charge in [-0.15, -0.1) is 0 Å². The second kappa shape index (κ2) is 9.65. The van der Waals surface area contributed by atoms with E-state index in [0.717, 1.165) is 31.6 Å². The minimum Gasteiger partial charge on any atom is -0.481 e. The Morgan fingerprint density at radius 3 is 2.44 bits per heavy atom. The second-order valence-electron chi connectivity index (χ2n) is 7.55. The molecule has 32 heavy (non-hydrogen) atoms. The van der Waals surface area contributed by atoms with Gasteiger partial charge in [-0.05, 0) is 71.5 Å². The van der Waals surface area contributed by atoms with E-state index in [9.17, 15) is 9.90 Å². The zero-order chi connectivity index (χ0) is 22.8. The average molecular weight is 577 g/mol. The lowest BCUT2D eigenvalue weighted by atomic mass is 9.94. The molecule has 0 saturated heterocycles. The largest absolute Gasteiger partial charge is 0.481 e. The molecule has 0 aliphatic carbocycles. The third-order valence-electron chi connectivity index (χ3n) is 5.22. The number of aromatic nitrogens is 2. The zero-order valence-corrected chi connectivity index (χ0v) is 20.8. The minimum atomic E-state index is -0.882.